The molecule has 188 valence electrons. The van der Waals surface area contributed by atoms with Gasteiger partial charge in [0.15, 0.2) is 0 Å². The van der Waals surface area contributed by atoms with Crippen LogP contribution in [-0.4, -0.2) is 30.0 Å². The number of nitro groups is 1. The van der Waals surface area contributed by atoms with Gasteiger partial charge >= 0.3 is 12.2 Å². The van der Waals surface area contributed by atoms with E-state index in [1.807, 2.05) is 19.1 Å². The molecule has 0 atom stereocenters. The Morgan fingerprint density at radius 2 is 1.67 bits per heavy atom. The van der Waals surface area contributed by atoms with Crippen molar-refractivity contribution < 1.29 is 27.7 Å². The standard InChI is InChI=1S/C25H23F3N4O4/c1-2-17-6-8-18(9-7-17)23(33)29-14-15-31(22-5-3-4-19(16-22)25(26,27)28)24(34)30-20-10-12-21(13-11-20)32(35)36/h3-13,16H,2,14-15H2,1H3,(H,29,33)(H,30,34). The molecule has 0 aliphatic rings. The molecule has 3 rings (SSSR count). The van der Waals surface area contributed by atoms with Crippen molar-refractivity contribution >= 4 is 29.0 Å². The molecule has 11 heteroatoms. The lowest BCUT2D eigenvalue weighted by Crippen LogP contribution is -2.41. The number of nitrogens with zero attached hydrogens (tertiary/aromatic N) is 2. The predicted octanol–water partition coefficient (Wildman–Crippen LogP) is 5.64. The van der Waals surface area contributed by atoms with Gasteiger partial charge in [0.1, 0.15) is 0 Å². The lowest BCUT2D eigenvalue weighted by Gasteiger charge is -2.24. The number of urea groups is 1. The minimum absolute atomic E-state index is 0.0363. The molecular formula is C25H23F3N4O4. The van der Waals surface area contributed by atoms with Gasteiger partial charge in [-0.05, 0) is 54.4 Å². The van der Waals surface area contributed by atoms with Crippen LogP contribution in [0.1, 0.15) is 28.4 Å². The third kappa shape index (κ3) is 6.81. The van der Waals surface area contributed by atoms with Gasteiger partial charge in [0.2, 0.25) is 0 Å². The highest BCUT2D eigenvalue weighted by Crippen LogP contribution is 2.32. The van der Waals surface area contributed by atoms with E-state index in [9.17, 15) is 32.9 Å². The number of nitrogens with one attached hydrogen (secondary N) is 2. The Labute approximate surface area is 204 Å². The lowest BCUT2D eigenvalue weighted by atomic mass is 10.1. The molecule has 0 saturated heterocycles. The maximum Gasteiger partial charge on any atom is 0.416 e. The topological polar surface area (TPSA) is 105 Å². The van der Waals surface area contributed by atoms with E-state index in [0.29, 0.717) is 5.56 Å². The summed E-state index contributed by atoms with van der Waals surface area (Å²) in [6.45, 7) is 1.80. The van der Waals surface area contributed by atoms with E-state index >= 15 is 0 Å². The van der Waals surface area contributed by atoms with Crippen molar-refractivity contribution in [3.8, 4) is 0 Å². The summed E-state index contributed by atoms with van der Waals surface area (Å²) in [5.74, 6) is -0.391. The maximum absolute atomic E-state index is 13.3. The molecule has 0 radical (unpaired) electrons. The van der Waals surface area contributed by atoms with Crippen LogP contribution in [0.15, 0.2) is 72.8 Å². The molecule has 3 amide bonds. The van der Waals surface area contributed by atoms with Gasteiger partial charge < -0.3 is 10.6 Å². The molecule has 0 spiro atoms. The van der Waals surface area contributed by atoms with Crippen LogP contribution in [-0.2, 0) is 12.6 Å². The fourth-order valence-corrected chi connectivity index (χ4v) is 3.33. The molecule has 0 aliphatic heterocycles. The largest absolute Gasteiger partial charge is 0.416 e. The van der Waals surface area contributed by atoms with Gasteiger partial charge in [-0.3, -0.25) is 19.8 Å². The summed E-state index contributed by atoms with van der Waals surface area (Å²) < 4.78 is 39.8. The summed E-state index contributed by atoms with van der Waals surface area (Å²) in [4.78, 5) is 36.7. The highest BCUT2D eigenvalue weighted by atomic mass is 19.4. The Bertz CT molecular complexity index is 1230. The number of alkyl halides is 3. The zero-order valence-electron chi connectivity index (χ0n) is 19.2. The van der Waals surface area contributed by atoms with Crippen molar-refractivity contribution in [1.82, 2.24) is 5.32 Å². The normalized spacial score (nSPS) is 11.0. The molecular weight excluding hydrogens is 477 g/mol. The minimum atomic E-state index is -4.62. The Hall–Kier alpha value is -4.41. The molecule has 0 aromatic heterocycles. The molecule has 0 fully saturated rings. The van der Waals surface area contributed by atoms with Crippen LogP contribution in [0.3, 0.4) is 0 Å². The van der Waals surface area contributed by atoms with Gasteiger partial charge in [0.05, 0.1) is 10.5 Å². The van der Waals surface area contributed by atoms with Gasteiger partial charge in [-0.25, -0.2) is 4.79 Å². The number of nitro benzene ring substituents is 1. The fraction of sp³-hybridized carbons (Fsp3) is 0.200. The van der Waals surface area contributed by atoms with Gasteiger partial charge in [-0.1, -0.05) is 25.1 Å². The predicted molar refractivity (Wildman–Crippen MR) is 129 cm³/mol. The number of halogens is 3. The second-order valence-corrected chi connectivity index (χ2v) is 7.74. The molecule has 3 aromatic carbocycles. The van der Waals surface area contributed by atoms with Gasteiger partial charge in [0, 0.05) is 42.2 Å². The Morgan fingerprint density at radius 3 is 2.25 bits per heavy atom. The summed E-state index contributed by atoms with van der Waals surface area (Å²) in [5.41, 5.74) is 0.525. The molecule has 0 aliphatic carbocycles. The third-order valence-electron chi connectivity index (χ3n) is 5.31. The maximum atomic E-state index is 13.3. The Kier molecular flexibility index (Phi) is 8.26. The van der Waals surface area contributed by atoms with Crippen molar-refractivity contribution in [2.24, 2.45) is 0 Å². The number of benzene rings is 3. The fourth-order valence-electron chi connectivity index (χ4n) is 3.33. The van der Waals surface area contributed by atoms with Crippen LogP contribution in [0, 0.1) is 10.1 Å². The lowest BCUT2D eigenvalue weighted by molar-refractivity contribution is -0.384. The van der Waals surface area contributed by atoms with E-state index in [-0.39, 0.29) is 30.2 Å². The molecule has 0 saturated carbocycles. The van der Waals surface area contributed by atoms with Gasteiger partial charge in [0.25, 0.3) is 11.6 Å². The van der Waals surface area contributed by atoms with Crippen molar-refractivity contribution in [3.63, 3.8) is 0 Å². The number of hydrogen-bond acceptors (Lipinski definition) is 4. The zero-order chi connectivity index (χ0) is 26.3. The first-order chi connectivity index (χ1) is 17.1. The first kappa shape index (κ1) is 26.2. The summed E-state index contributed by atoms with van der Waals surface area (Å²) in [5, 5.41) is 16.0. The quantitative estimate of drug-likeness (QED) is 0.308. The summed E-state index contributed by atoms with van der Waals surface area (Å²) in [7, 11) is 0. The number of carbonyl (C=O) groups excluding carboxylic acids is 2. The average molecular weight is 500 g/mol. The van der Waals surface area contributed by atoms with Crippen LogP contribution >= 0.6 is 0 Å². The van der Waals surface area contributed by atoms with E-state index < -0.39 is 28.6 Å². The second-order valence-electron chi connectivity index (χ2n) is 7.74. The SMILES string of the molecule is CCc1ccc(C(=O)NCCN(C(=O)Nc2ccc([N+](=O)[O-])cc2)c2cccc(C(F)(F)F)c2)cc1. The molecule has 36 heavy (non-hydrogen) atoms. The van der Waals surface area contributed by atoms with Crippen LogP contribution < -0.4 is 15.5 Å². The van der Waals surface area contributed by atoms with E-state index in [0.717, 1.165) is 29.0 Å². The molecule has 0 unspecified atom stereocenters. The summed E-state index contributed by atoms with van der Waals surface area (Å²) >= 11 is 0. The smallest absolute Gasteiger partial charge is 0.350 e. The number of rotatable bonds is 8. The number of carbonyl (C=O) groups is 2. The van der Waals surface area contributed by atoms with Crippen molar-refractivity contribution in [2.75, 3.05) is 23.3 Å². The molecule has 3 aromatic rings. The molecule has 2 N–H and O–H groups in total. The van der Waals surface area contributed by atoms with Crippen LogP contribution in [0.4, 0.5) is 35.0 Å². The molecule has 0 heterocycles. The third-order valence-corrected chi connectivity index (χ3v) is 5.31. The van der Waals surface area contributed by atoms with E-state index in [4.69, 9.17) is 0 Å². The van der Waals surface area contributed by atoms with Gasteiger partial charge in [-0.2, -0.15) is 13.2 Å². The molecule has 8 nitrogen and oxygen atoms in total. The first-order valence-electron chi connectivity index (χ1n) is 11.0. The number of amides is 3. The van der Waals surface area contributed by atoms with E-state index in [2.05, 4.69) is 10.6 Å². The number of aryl methyl sites for hydroxylation is 1. The van der Waals surface area contributed by atoms with E-state index in [1.165, 1.54) is 36.4 Å². The van der Waals surface area contributed by atoms with Crippen molar-refractivity contribution in [3.05, 3.63) is 99.6 Å². The number of hydrogen-bond donors (Lipinski definition) is 2. The second kappa shape index (κ2) is 11.3. The Balaban J connectivity index is 1.77. The zero-order valence-corrected chi connectivity index (χ0v) is 19.2. The van der Waals surface area contributed by atoms with Crippen LogP contribution in [0.25, 0.3) is 0 Å². The van der Waals surface area contributed by atoms with E-state index in [1.54, 1.807) is 12.1 Å². The van der Waals surface area contributed by atoms with Crippen LogP contribution in [0.5, 0.6) is 0 Å². The average Bonchev–Trinajstić information content (AvgIpc) is 2.86. The first-order valence-corrected chi connectivity index (χ1v) is 11.0. The van der Waals surface area contributed by atoms with Crippen molar-refractivity contribution in [2.45, 2.75) is 19.5 Å². The Morgan fingerprint density at radius 1 is 1.00 bits per heavy atom. The van der Waals surface area contributed by atoms with Crippen molar-refractivity contribution in [1.29, 1.82) is 0 Å². The highest BCUT2D eigenvalue weighted by molar-refractivity contribution is 6.02. The highest BCUT2D eigenvalue weighted by Gasteiger charge is 2.31. The summed E-state index contributed by atoms with van der Waals surface area (Å²) in [6.07, 6.45) is -3.80. The molecule has 0 bridgehead atoms. The summed E-state index contributed by atoms with van der Waals surface area (Å²) in [6, 6.07) is 15.4. The number of non-ortho nitro benzene ring substituents is 1. The monoisotopic (exact) mass is 500 g/mol. The van der Waals surface area contributed by atoms with Gasteiger partial charge in [-0.15, -0.1) is 0 Å². The number of anilines is 2. The minimum Gasteiger partial charge on any atom is -0.350 e. The van der Waals surface area contributed by atoms with Crippen LogP contribution in [0.2, 0.25) is 0 Å².